The fraction of sp³-hybridized carbons (Fsp3) is 0.400. The van der Waals surface area contributed by atoms with Gasteiger partial charge >= 0.3 is 5.90 Å². The van der Waals surface area contributed by atoms with E-state index in [4.69, 9.17) is 4.98 Å². The predicted octanol–water partition coefficient (Wildman–Crippen LogP) is 3.18. The number of aromatic amines is 1. The van der Waals surface area contributed by atoms with Crippen molar-refractivity contribution in [1.82, 2.24) is 19.9 Å². The highest BCUT2D eigenvalue weighted by Gasteiger charge is 2.25. The van der Waals surface area contributed by atoms with Crippen LogP contribution in [0.4, 0.5) is 23.1 Å². The van der Waals surface area contributed by atoms with Crippen LogP contribution in [-0.2, 0) is 0 Å². The second kappa shape index (κ2) is 9.72. The molecule has 9 heteroatoms. The number of rotatable bonds is 6. The maximum Gasteiger partial charge on any atom is 0.359 e. The summed E-state index contributed by atoms with van der Waals surface area (Å²) in [5.41, 5.74) is 2.97. The Morgan fingerprint density at radius 2 is 1.97 bits per heavy atom. The number of aliphatic hydroxyl groups is 1. The Morgan fingerprint density at radius 1 is 1.18 bits per heavy atom. The van der Waals surface area contributed by atoms with Gasteiger partial charge in [-0.05, 0) is 43.8 Å². The van der Waals surface area contributed by atoms with Crippen molar-refractivity contribution in [3.63, 3.8) is 0 Å². The van der Waals surface area contributed by atoms with Gasteiger partial charge in [-0.1, -0.05) is 6.58 Å². The molecule has 2 aliphatic heterocycles. The van der Waals surface area contributed by atoms with Crippen LogP contribution in [0.25, 0.3) is 11.0 Å². The van der Waals surface area contributed by atoms with Crippen LogP contribution in [0.5, 0.6) is 0 Å². The average Bonchev–Trinajstić information content (AvgIpc) is 3.34. The summed E-state index contributed by atoms with van der Waals surface area (Å²) in [4.78, 5) is 17.4. The number of piperazine rings is 1. The molecule has 3 aromatic rings. The lowest BCUT2D eigenvalue weighted by molar-refractivity contribution is -0.544. The lowest BCUT2D eigenvalue weighted by Crippen LogP contribution is -2.44. The fourth-order valence-corrected chi connectivity index (χ4v) is 4.68. The number of hydrogen-bond acceptors (Lipinski definition) is 6. The van der Waals surface area contributed by atoms with E-state index in [9.17, 15) is 5.11 Å². The van der Waals surface area contributed by atoms with E-state index in [-0.39, 0.29) is 11.9 Å². The summed E-state index contributed by atoms with van der Waals surface area (Å²) in [7, 11) is 2.17. The topological polar surface area (TPSA) is 95.3 Å². The van der Waals surface area contributed by atoms with Gasteiger partial charge in [-0.25, -0.2) is 0 Å². The number of aromatic nitrogens is 3. The van der Waals surface area contributed by atoms with E-state index in [0.29, 0.717) is 12.5 Å². The van der Waals surface area contributed by atoms with Crippen molar-refractivity contribution in [3.05, 3.63) is 49.2 Å². The van der Waals surface area contributed by atoms with E-state index in [1.54, 1.807) is 0 Å². The summed E-state index contributed by atoms with van der Waals surface area (Å²) in [5.74, 6) is 1.55. The zero-order valence-corrected chi connectivity index (χ0v) is 19.7. The highest BCUT2D eigenvalue weighted by molar-refractivity contribution is 5.88. The minimum Gasteiger partial charge on any atom is -0.460 e. The van der Waals surface area contributed by atoms with E-state index < -0.39 is 0 Å². The summed E-state index contributed by atoms with van der Waals surface area (Å²) in [6.07, 6.45) is 5.37. The summed E-state index contributed by atoms with van der Waals surface area (Å²) in [5, 5.41) is 18.0. The molecule has 0 saturated carbocycles. The molecule has 34 heavy (non-hydrogen) atoms. The molecule has 0 unspecified atom stereocenters. The Hall–Kier alpha value is -3.59. The number of aliphatic hydroxyl groups excluding tert-OH is 1. The van der Waals surface area contributed by atoms with E-state index in [0.717, 1.165) is 68.1 Å². The van der Waals surface area contributed by atoms with Gasteiger partial charge in [0.25, 0.3) is 0 Å². The number of likely N-dealkylation sites (N-methyl/N-ethyl adjacent to an activating group) is 1. The first-order valence-corrected chi connectivity index (χ1v) is 11.9. The van der Waals surface area contributed by atoms with Crippen molar-refractivity contribution in [2.75, 3.05) is 61.8 Å². The third kappa shape index (κ3) is 4.84. The molecule has 5 rings (SSSR count). The molecule has 0 bridgehead atoms. The number of fused-ring (bicyclic) bond motifs is 1. The lowest BCUT2D eigenvalue weighted by Gasteiger charge is -2.34. The van der Waals surface area contributed by atoms with Crippen molar-refractivity contribution >= 4 is 40.1 Å². The smallest absolute Gasteiger partial charge is 0.359 e. The molecule has 9 nitrogen and oxygen atoms in total. The third-order valence-corrected chi connectivity index (χ3v) is 6.68. The Morgan fingerprint density at radius 3 is 2.74 bits per heavy atom. The average molecular weight is 462 g/mol. The Labute approximate surface area is 199 Å². The molecule has 0 aliphatic carbocycles. The Kier molecular flexibility index (Phi) is 6.35. The Bertz CT molecular complexity index is 1180. The van der Waals surface area contributed by atoms with Gasteiger partial charge in [0.2, 0.25) is 5.95 Å². The van der Waals surface area contributed by atoms with Gasteiger partial charge in [-0.2, -0.15) is 14.5 Å². The number of hydrogen-bond donors (Lipinski definition) is 4. The first-order chi connectivity index (χ1) is 16.6. The van der Waals surface area contributed by atoms with Crippen LogP contribution in [0, 0.1) is 0 Å². The molecule has 1 aromatic carbocycles. The molecule has 178 valence electrons. The number of nitrogens with one attached hydrogen (secondary N) is 3. The molecule has 2 saturated heterocycles. The third-order valence-electron chi connectivity index (χ3n) is 6.68. The van der Waals surface area contributed by atoms with Crippen LogP contribution in [-0.4, -0.2) is 87.8 Å². The largest absolute Gasteiger partial charge is 0.460 e. The molecule has 2 fully saturated rings. The van der Waals surface area contributed by atoms with Crippen molar-refractivity contribution in [2.24, 2.45) is 0 Å². The summed E-state index contributed by atoms with van der Waals surface area (Å²) in [6, 6.07) is 10.6. The number of nitrogens with zero attached hydrogens (tertiary/aromatic N) is 5. The summed E-state index contributed by atoms with van der Waals surface area (Å²) in [6.45, 7) is 9.48. The van der Waals surface area contributed by atoms with Crippen molar-refractivity contribution in [2.45, 2.75) is 18.9 Å². The van der Waals surface area contributed by atoms with Gasteiger partial charge in [0.15, 0.2) is 6.54 Å². The minimum absolute atomic E-state index is 0.166. The van der Waals surface area contributed by atoms with Crippen LogP contribution in [0.15, 0.2) is 49.2 Å². The molecule has 1 atom stereocenters. The monoisotopic (exact) mass is 461 g/mol. The van der Waals surface area contributed by atoms with Gasteiger partial charge in [0.1, 0.15) is 18.0 Å². The molecular formula is C25H33N8O+. The molecule has 0 spiro atoms. The van der Waals surface area contributed by atoms with Gasteiger partial charge < -0.3 is 30.5 Å². The highest BCUT2D eigenvalue weighted by atomic mass is 16.3. The zero-order chi connectivity index (χ0) is 23.5. The van der Waals surface area contributed by atoms with Crippen molar-refractivity contribution in [1.29, 1.82) is 0 Å². The molecule has 2 aliphatic rings. The second-order valence-corrected chi connectivity index (χ2v) is 9.09. The first-order valence-electron chi connectivity index (χ1n) is 11.9. The molecular weight excluding hydrogens is 428 g/mol. The number of H-pyrrole nitrogens is 1. The van der Waals surface area contributed by atoms with Gasteiger partial charge in [0, 0.05) is 56.2 Å². The van der Waals surface area contributed by atoms with Crippen LogP contribution in [0.2, 0.25) is 0 Å². The molecule has 0 amide bonds. The van der Waals surface area contributed by atoms with Crippen LogP contribution in [0.1, 0.15) is 12.8 Å². The first kappa shape index (κ1) is 22.2. The second-order valence-electron chi connectivity index (χ2n) is 9.09. The molecule has 0 radical (unpaired) electrons. The summed E-state index contributed by atoms with van der Waals surface area (Å²) < 4.78 is 1.95. The lowest BCUT2D eigenvalue weighted by atomic mass is 10.1. The van der Waals surface area contributed by atoms with Gasteiger partial charge in [-0.15, -0.1) is 0 Å². The fourth-order valence-electron chi connectivity index (χ4n) is 4.68. The van der Waals surface area contributed by atoms with E-state index in [2.05, 4.69) is 68.3 Å². The number of benzene rings is 1. The molecule has 2 aromatic heterocycles. The van der Waals surface area contributed by atoms with E-state index >= 15 is 0 Å². The SMILES string of the molecule is C=CC(O)=[N+]1CCC[C@H](Nc2nc(Nc3ccc(N4CCN(C)CC4)cc3)nc3[nH]ccc23)C1. The standard InChI is InChI=1S/C25H32N8O/c1-3-22(34)33-12-4-5-19(17-33)27-24-21-10-11-26-23(21)29-25(30-24)28-18-6-8-20(9-7-18)32-15-13-31(2)14-16-32/h3,6-11,19H,1,4-5,12-17H2,2H3,(H3,26,27,28,29,30)/p+1/t19-/m0/s1. The van der Waals surface area contributed by atoms with Gasteiger partial charge in [-0.3, -0.25) is 0 Å². The predicted molar refractivity (Wildman–Crippen MR) is 138 cm³/mol. The van der Waals surface area contributed by atoms with Gasteiger partial charge in [0.05, 0.1) is 11.4 Å². The van der Waals surface area contributed by atoms with Crippen molar-refractivity contribution < 1.29 is 9.68 Å². The normalized spacial score (nSPS) is 20.9. The van der Waals surface area contributed by atoms with Crippen LogP contribution in [0.3, 0.4) is 0 Å². The number of anilines is 4. The summed E-state index contributed by atoms with van der Waals surface area (Å²) >= 11 is 0. The van der Waals surface area contributed by atoms with Crippen molar-refractivity contribution in [3.8, 4) is 0 Å². The van der Waals surface area contributed by atoms with Crippen LogP contribution < -0.4 is 15.5 Å². The quantitative estimate of drug-likeness (QED) is 0.331. The van der Waals surface area contributed by atoms with E-state index in [1.165, 1.54) is 11.8 Å². The highest BCUT2D eigenvalue weighted by Crippen LogP contribution is 2.26. The molecule has 4 N–H and O–H groups in total. The number of piperidine rings is 1. The Balaban J connectivity index is 1.32. The molecule has 4 heterocycles. The van der Waals surface area contributed by atoms with E-state index in [1.807, 2.05) is 16.8 Å². The maximum absolute atomic E-state index is 10.1. The zero-order valence-electron chi connectivity index (χ0n) is 19.7. The van der Waals surface area contributed by atoms with Crippen LogP contribution >= 0.6 is 0 Å². The minimum atomic E-state index is 0.166. The maximum atomic E-state index is 10.1.